The van der Waals surface area contributed by atoms with Gasteiger partial charge in [-0.25, -0.2) is 0 Å². The maximum absolute atomic E-state index is 13.0. The van der Waals surface area contributed by atoms with Gasteiger partial charge in [0.15, 0.2) is 4.32 Å². The fourth-order valence-corrected chi connectivity index (χ4v) is 4.73. The topological polar surface area (TPSA) is 38.8 Å². The van der Waals surface area contributed by atoms with Crippen molar-refractivity contribution in [2.24, 2.45) is 0 Å². The van der Waals surface area contributed by atoms with Crippen molar-refractivity contribution in [3.05, 3.63) is 94.4 Å². The monoisotopic (exact) mass is 475 g/mol. The molecule has 0 spiro atoms. The van der Waals surface area contributed by atoms with E-state index in [1.807, 2.05) is 72.8 Å². The Kier molecular flexibility index (Phi) is 7.47. The van der Waals surface area contributed by atoms with Crippen molar-refractivity contribution < 1.29 is 14.3 Å². The number of benzene rings is 3. The zero-order chi connectivity index (χ0) is 23.2. The molecular formula is C27H25NO3S2. The van der Waals surface area contributed by atoms with E-state index in [2.05, 4.69) is 19.9 Å². The van der Waals surface area contributed by atoms with Crippen molar-refractivity contribution in [1.29, 1.82) is 0 Å². The minimum absolute atomic E-state index is 0.118. The van der Waals surface area contributed by atoms with E-state index < -0.39 is 0 Å². The molecule has 3 aromatic rings. The lowest BCUT2D eigenvalue weighted by Crippen LogP contribution is -2.27. The molecule has 168 valence electrons. The van der Waals surface area contributed by atoms with E-state index in [0.29, 0.717) is 22.4 Å². The third-order valence-electron chi connectivity index (χ3n) is 5.37. The molecular weight excluding hydrogens is 450 g/mol. The van der Waals surface area contributed by atoms with E-state index in [4.69, 9.17) is 21.7 Å². The molecule has 3 aromatic carbocycles. The fourth-order valence-electron chi connectivity index (χ4n) is 3.44. The van der Waals surface area contributed by atoms with E-state index in [1.165, 1.54) is 17.3 Å². The van der Waals surface area contributed by atoms with E-state index >= 15 is 0 Å². The van der Waals surface area contributed by atoms with Gasteiger partial charge < -0.3 is 9.47 Å². The second-order valence-corrected chi connectivity index (χ2v) is 9.31. The summed E-state index contributed by atoms with van der Waals surface area (Å²) in [7, 11) is 0. The Morgan fingerprint density at radius 3 is 2.33 bits per heavy atom. The van der Waals surface area contributed by atoms with Crippen molar-refractivity contribution in [3.8, 4) is 11.5 Å². The number of anilines is 1. The summed E-state index contributed by atoms with van der Waals surface area (Å²) < 4.78 is 12.5. The summed E-state index contributed by atoms with van der Waals surface area (Å²) in [6, 6.07) is 23.2. The zero-order valence-electron chi connectivity index (χ0n) is 18.6. The number of thiocarbonyl (C=S) groups is 1. The van der Waals surface area contributed by atoms with Crippen LogP contribution >= 0.6 is 24.0 Å². The number of aryl methyl sites for hydroxylation is 1. The molecule has 6 heteroatoms. The van der Waals surface area contributed by atoms with Crippen LogP contribution in [0.3, 0.4) is 0 Å². The van der Waals surface area contributed by atoms with Gasteiger partial charge in [0.25, 0.3) is 5.91 Å². The van der Waals surface area contributed by atoms with Crippen LogP contribution in [0.15, 0.2) is 77.7 Å². The molecule has 0 bridgehead atoms. The molecule has 0 radical (unpaired) electrons. The summed E-state index contributed by atoms with van der Waals surface area (Å²) in [4.78, 5) is 15.2. The molecule has 1 saturated heterocycles. The Morgan fingerprint density at radius 1 is 0.879 bits per heavy atom. The van der Waals surface area contributed by atoms with Crippen molar-refractivity contribution in [3.63, 3.8) is 0 Å². The smallest absolute Gasteiger partial charge is 0.270 e. The van der Waals surface area contributed by atoms with Crippen LogP contribution < -0.4 is 14.4 Å². The molecule has 0 N–H and O–H groups in total. The van der Waals surface area contributed by atoms with E-state index in [1.54, 1.807) is 4.90 Å². The first-order valence-electron chi connectivity index (χ1n) is 10.8. The van der Waals surface area contributed by atoms with Gasteiger partial charge in [0.05, 0.1) is 23.8 Å². The number of amides is 1. The molecule has 0 aromatic heterocycles. The van der Waals surface area contributed by atoms with Gasteiger partial charge in [0, 0.05) is 12.0 Å². The lowest BCUT2D eigenvalue weighted by atomic mass is 10.1. The fraction of sp³-hybridized carbons (Fsp3) is 0.185. The zero-order valence-corrected chi connectivity index (χ0v) is 20.2. The number of carbonyl (C=O) groups is 1. The maximum Gasteiger partial charge on any atom is 0.270 e. The Morgan fingerprint density at radius 2 is 1.55 bits per heavy atom. The van der Waals surface area contributed by atoms with E-state index in [9.17, 15) is 4.79 Å². The van der Waals surface area contributed by atoms with Crippen LogP contribution in [-0.4, -0.2) is 23.4 Å². The molecule has 33 heavy (non-hydrogen) atoms. The van der Waals surface area contributed by atoms with Crippen molar-refractivity contribution in [1.82, 2.24) is 0 Å². The molecule has 1 aliphatic heterocycles. The highest BCUT2D eigenvalue weighted by Gasteiger charge is 2.33. The molecule has 1 amide bonds. The van der Waals surface area contributed by atoms with Crippen LogP contribution in [0.4, 0.5) is 5.69 Å². The summed E-state index contributed by atoms with van der Waals surface area (Å²) in [6.07, 6.45) is 2.60. The van der Waals surface area contributed by atoms with Crippen LogP contribution in [0.25, 0.3) is 6.08 Å². The molecule has 0 unspecified atom stereocenters. The molecule has 0 aliphatic carbocycles. The summed E-state index contributed by atoms with van der Waals surface area (Å²) in [5.74, 6) is 1.53. The third kappa shape index (κ3) is 5.46. The van der Waals surface area contributed by atoms with Crippen LogP contribution in [-0.2, 0) is 4.79 Å². The van der Waals surface area contributed by atoms with Crippen LogP contribution in [0.2, 0.25) is 0 Å². The Balaban J connectivity index is 1.38. The van der Waals surface area contributed by atoms with E-state index in [-0.39, 0.29) is 5.91 Å². The highest BCUT2D eigenvalue weighted by atomic mass is 32.2. The first-order valence-corrected chi connectivity index (χ1v) is 12.0. The largest absolute Gasteiger partial charge is 0.493 e. The highest BCUT2D eigenvalue weighted by molar-refractivity contribution is 8.27. The number of rotatable bonds is 8. The van der Waals surface area contributed by atoms with Crippen molar-refractivity contribution >= 4 is 46.0 Å². The number of thioether (sulfide) groups is 1. The van der Waals surface area contributed by atoms with Gasteiger partial charge in [-0.1, -0.05) is 72.5 Å². The predicted molar refractivity (Wildman–Crippen MR) is 140 cm³/mol. The van der Waals surface area contributed by atoms with Crippen molar-refractivity contribution in [2.45, 2.75) is 20.3 Å². The number of hydrogen-bond acceptors (Lipinski definition) is 5. The van der Waals surface area contributed by atoms with E-state index in [0.717, 1.165) is 34.7 Å². The number of hydrogen-bond donors (Lipinski definition) is 0. The van der Waals surface area contributed by atoms with Crippen LogP contribution in [0.5, 0.6) is 11.5 Å². The van der Waals surface area contributed by atoms with Gasteiger partial charge in [-0.15, -0.1) is 0 Å². The van der Waals surface area contributed by atoms with Gasteiger partial charge in [0.2, 0.25) is 0 Å². The summed E-state index contributed by atoms with van der Waals surface area (Å²) >= 11 is 6.77. The first kappa shape index (κ1) is 23.1. The Bertz CT molecular complexity index is 1190. The second-order valence-electron chi connectivity index (χ2n) is 7.64. The maximum atomic E-state index is 13.0. The SMILES string of the molecule is Cc1cccc(OCCCOc2ccccc2/C=C2\SC(=S)N(c3ccccc3)C2=O)c1C. The van der Waals surface area contributed by atoms with Gasteiger partial charge in [0.1, 0.15) is 11.5 Å². The van der Waals surface area contributed by atoms with Crippen LogP contribution in [0.1, 0.15) is 23.1 Å². The third-order valence-corrected chi connectivity index (χ3v) is 6.67. The molecule has 0 atom stereocenters. The Labute approximate surface area is 204 Å². The quantitative estimate of drug-likeness (QED) is 0.210. The summed E-state index contributed by atoms with van der Waals surface area (Å²) in [5, 5.41) is 0. The average Bonchev–Trinajstić information content (AvgIpc) is 3.10. The highest BCUT2D eigenvalue weighted by Crippen LogP contribution is 2.37. The minimum Gasteiger partial charge on any atom is -0.493 e. The van der Waals surface area contributed by atoms with Gasteiger partial charge in [-0.05, 0) is 55.3 Å². The Hall–Kier alpha value is -3.09. The summed E-state index contributed by atoms with van der Waals surface area (Å²) in [5.41, 5.74) is 4.00. The average molecular weight is 476 g/mol. The number of ether oxygens (including phenoxy) is 2. The normalized spacial score (nSPS) is 14.7. The van der Waals surface area contributed by atoms with Crippen molar-refractivity contribution in [2.75, 3.05) is 18.1 Å². The first-order chi connectivity index (χ1) is 16.0. The van der Waals surface area contributed by atoms with Gasteiger partial charge in [-0.2, -0.15) is 0 Å². The molecule has 4 rings (SSSR count). The van der Waals surface area contributed by atoms with Gasteiger partial charge in [-0.3, -0.25) is 9.69 Å². The lowest BCUT2D eigenvalue weighted by molar-refractivity contribution is -0.113. The molecule has 1 aliphatic rings. The van der Waals surface area contributed by atoms with Gasteiger partial charge >= 0.3 is 0 Å². The molecule has 1 heterocycles. The molecule has 4 nitrogen and oxygen atoms in total. The number of para-hydroxylation sites is 2. The minimum atomic E-state index is -0.118. The molecule has 1 fully saturated rings. The number of carbonyl (C=O) groups excluding carboxylic acids is 1. The standard InChI is InChI=1S/C27H25NO3S2/c1-19-10-8-15-23(20(19)2)30-16-9-17-31-24-14-7-6-11-21(24)18-25-26(29)28(27(32)33-25)22-12-4-3-5-13-22/h3-8,10-15,18H,9,16-17H2,1-2H3/b25-18-. The number of nitrogens with zero attached hydrogens (tertiary/aromatic N) is 1. The lowest BCUT2D eigenvalue weighted by Gasteiger charge is -2.14. The second kappa shape index (κ2) is 10.7. The molecule has 0 saturated carbocycles. The predicted octanol–water partition coefficient (Wildman–Crippen LogP) is 6.56. The van der Waals surface area contributed by atoms with Crippen LogP contribution in [0, 0.1) is 13.8 Å². The summed E-state index contributed by atoms with van der Waals surface area (Å²) in [6.45, 7) is 5.23.